The molecule has 7 nitrogen and oxygen atoms in total. The first kappa shape index (κ1) is 29.6. The predicted octanol–water partition coefficient (Wildman–Crippen LogP) is 7.31. The molecule has 3 aromatic carbocycles. The lowest BCUT2D eigenvalue weighted by molar-refractivity contribution is 0.119. The zero-order chi connectivity index (χ0) is 28.9. The van der Waals surface area contributed by atoms with Gasteiger partial charge in [-0.1, -0.05) is 63.0 Å². The lowest BCUT2D eigenvalue weighted by Gasteiger charge is -2.39. The Morgan fingerprint density at radius 2 is 1.54 bits per heavy atom. The molecule has 3 aromatic rings. The van der Waals surface area contributed by atoms with Gasteiger partial charge in [0, 0.05) is 41.2 Å². The lowest BCUT2D eigenvalue weighted by Crippen LogP contribution is -2.54. The van der Waals surface area contributed by atoms with E-state index in [4.69, 9.17) is 14.5 Å². The number of rotatable bonds is 8. The molecule has 0 spiro atoms. The second kappa shape index (κ2) is 13.4. The normalized spacial score (nSPS) is 19.3. The molecule has 0 aromatic heterocycles. The van der Waals surface area contributed by atoms with E-state index in [9.17, 15) is 4.79 Å². The van der Waals surface area contributed by atoms with Gasteiger partial charge in [0.05, 0.1) is 25.3 Å². The van der Waals surface area contributed by atoms with Gasteiger partial charge < -0.3 is 14.4 Å². The average Bonchev–Trinajstić information content (AvgIpc) is 3.38. The Hall–Kier alpha value is -2.88. The van der Waals surface area contributed by atoms with Crippen LogP contribution in [0.1, 0.15) is 49.0 Å². The second-order valence-electron chi connectivity index (χ2n) is 10.2. The van der Waals surface area contributed by atoms with Crippen molar-refractivity contribution in [2.24, 2.45) is 4.99 Å². The maximum absolute atomic E-state index is 14.6. The van der Waals surface area contributed by atoms with Crippen LogP contribution in [0.2, 0.25) is 0 Å². The minimum absolute atomic E-state index is 0.0364. The Kier molecular flexibility index (Phi) is 9.68. The summed E-state index contributed by atoms with van der Waals surface area (Å²) in [7, 11) is 1.64. The Balaban J connectivity index is 1.64. The SMILES string of the molecule is CCCN1CCN(C(=O)N2C(c3ccc(OC)cc3OCC)=NC(c3ccc(Br)cc3)C2c2ccc(Br)cc2)CC1. The van der Waals surface area contributed by atoms with E-state index in [0.29, 0.717) is 37.0 Å². The molecule has 0 N–H and O–H groups in total. The lowest BCUT2D eigenvalue weighted by atomic mass is 9.94. The molecule has 2 heterocycles. The number of ether oxygens (including phenoxy) is 2. The Morgan fingerprint density at radius 1 is 0.902 bits per heavy atom. The summed E-state index contributed by atoms with van der Waals surface area (Å²) in [5, 5.41) is 0. The van der Waals surface area contributed by atoms with Crippen molar-refractivity contribution in [2.75, 3.05) is 46.4 Å². The van der Waals surface area contributed by atoms with Crippen LogP contribution in [0, 0.1) is 0 Å². The van der Waals surface area contributed by atoms with Crippen molar-refractivity contribution in [2.45, 2.75) is 32.4 Å². The van der Waals surface area contributed by atoms with Gasteiger partial charge in [0.15, 0.2) is 0 Å². The fourth-order valence-electron chi connectivity index (χ4n) is 5.58. The summed E-state index contributed by atoms with van der Waals surface area (Å²) in [6.07, 6.45) is 1.11. The molecule has 2 aliphatic rings. The maximum atomic E-state index is 14.6. The summed E-state index contributed by atoms with van der Waals surface area (Å²) in [5.41, 5.74) is 2.82. The molecule has 2 aliphatic heterocycles. The molecule has 1 fully saturated rings. The summed E-state index contributed by atoms with van der Waals surface area (Å²) < 4.78 is 13.6. The molecular weight excluding hydrogens is 648 g/mol. The summed E-state index contributed by atoms with van der Waals surface area (Å²) >= 11 is 7.15. The number of benzene rings is 3. The molecule has 9 heteroatoms. The summed E-state index contributed by atoms with van der Waals surface area (Å²) in [4.78, 5) is 26.2. The number of hydrogen-bond acceptors (Lipinski definition) is 5. The number of methoxy groups -OCH3 is 1. The quantitative estimate of drug-likeness (QED) is 0.250. The highest BCUT2D eigenvalue weighted by Gasteiger charge is 2.45. The van der Waals surface area contributed by atoms with Gasteiger partial charge >= 0.3 is 6.03 Å². The second-order valence-corrected chi connectivity index (χ2v) is 12.1. The number of urea groups is 1. The van der Waals surface area contributed by atoms with Crippen LogP contribution in [0.15, 0.2) is 80.7 Å². The highest BCUT2D eigenvalue weighted by Crippen LogP contribution is 2.45. The molecule has 41 heavy (non-hydrogen) atoms. The van der Waals surface area contributed by atoms with E-state index in [1.165, 1.54) is 0 Å². The maximum Gasteiger partial charge on any atom is 0.326 e. The molecule has 2 amide bonds. The number of hydrogen-bond donors (Lipinski definition) is 0. The van der Waals surface area contributed by atoms with Gasteiger partial charge in [-0.05, 0) is 67.4 Å². The highest BCUT2D eigenvalue weighted by molar-refractivity contribution is 9.10. The average molecular weight is 684 g/mol. The number of nitrogens with zero attached hydrogens (tertiary/aromatic N) is 4. The van der Waals surface area contributed by atoms with Crippen LogP contribution in [-0.2, 0) is 0 Å². The van der Waals surface area contributed by atoms with Crippen LogP contribution < -0.4 is 9.47 Å². The van der Waals surface area contributed by atoms with Crippen LogP contribution >= 0.6 is 31.9 Å². The number of amides is 2. The van der Waals surface area contributed by atoms with Gasteiger partial charge in [-0.25, -0.2) is 4.79 Å². The third-order valence-electron chi connectivity index (χ3n) is 7.61. The van der Waals surface area contributed by atoms with Crippen molar-refractivity contribution in [3.63, 3.8) is 0 Å². The molecular formula is C32H36Br2N4O3. The van der Waals surface area contributed by atoms with E-state index in [1.54, 1.807) is 7.11 Å². The first-order valence-corrected chi connectivity index (χ1v) is 15.7. The number of halogens is 2. The van der Waals surface area contributed by atoms with Crippen LogP contribution in [0.5, 0.6) is 11.5 Å². The summed E-state index contributed by atoms with van der Waals surface area (Å²) in [5.74, 6) is 1.94. The molecule has 5 rings (SSSR count). The van der Waals surface area contributed by atoms with Gasteiger partial charge in [-0.2, -0.15) is 0 Å². The predicted molar refractivity (Wildman–Crippen MR) is 170 cm³/mol. The van der Waals surface area contributed by atoms with Crippen molar-refractivity contribution in [1.82, 2.24) is 14.7 Å². The number of aliphatic imine (C=N–C) groups is 1. The number of carbonyl (C=O) groups excluding carboxylic acids is 1. The Bertz CT molecular complexity index is 1370. The van der Waals surface area contributed by atoms with Crippen molar-refractivity contribution in [3.8, 4) is 11.5 Å². The van der Waals surface area contributed by atoms with Gasteiger partial charge in [0.2, 0.25) is 0 Å². The van der Waals surface area contributed by atoms with Gasteiger partial charge in [0.25, 0.3) is 0 Å². The van der Waals surface area contributed by atoms with E-state index in [1.807, 2.05) is 59.2 Å². The third-order valence-corrected chi connectivity index (χ3v) is 8.67. The first-order valence-electron chi connectivity index (χ1n) is 14.1. The monoisotopic (exact) mass is 682 g/mol. The highest BCUT2D eigenvalue weighted by atomic mass is 79.9. The molecule has 216 valence electrons. The number of amidine groups is 1. The molecule has 2 atom stereocenters. The molecule has 0 aliphatic carbocycles. The van der Waals surface area contributed by atoms with Gasteiger partial charge in [0.1, 0.15) is 23.4 Å². The summed E-state index contributed by atoms with van der Waals surface area (Å²) in [6, 6.07) is 21.5. The van der Waals surface area contributed by atoms with Crippen molar-refractivity contribution < 1.29 is 14.3 Å². The minimum Gasteiger partial charge on any atom is -0.497 e. The topological polar surface area (TPSA) is 57.6 Å². The fraction of sp³-hybridized carbons (Fsp3) is 0.375. The smallest absolute Gasteiger partial charge is 0.326 e. The van der Waals surface area contributed by atoms with Crippen LogP contribution in [0.4, 0.5) is 4.79 Å². The van der Waals surface area contributed by atoms with Crippen LogP contribution in [0.25, 0.3) is 0 Å². The van der Waals surface area contributed by atoms with Gasteiger partial charge in [-0.15, -0.1) is 0 Å². The van der Waals surface area contributed by atoms with E-state index < -0.39 is 0 Å². The molecule has 0 radical (unpaired) electrons. The zero-order valence-electron chi connectivity index (χ0n) is 23.7. The van der Waals surface area contributed by atoms with E-state index in [-0.39, 0.29) is 18.1 Å². The molecule has 2 unspecified atom stereocenters. The van der Waals surface area contributed by atoms with E-state index >= 15 is 0 Å². The molecule has 0 bridgehead atoms. The summed E-state index contributed by atoms with van der Waals surface area (Å²) in [6.45, 7) is 8.77. The van der Waals surface area contributed by atoms with E-state index in [2.05, 4.69) is 67.9 Å². The largest absolute Gasteiger partial charge is 0.497 e. The Morgan fingerprint density at radius 3 is 2.12 bits per heavy atom. The minimum atomic E-state index is -0.336. The number of carbonyl (C=O) groups is 1. The van der Waals surface area contributed by atoms with Crippen molar-refractivity contribution in [1.29, 1.82) is 0 Å². The zero-order valence-corrected chi connectivity index (χ0v) is 26.9. The van der Waals surface area contributed by atoms with E-state index in [0.717, 1.165) is 51.7 Å². The van der Waals surface area contributed by atoms with Crippen molar-refractivity contribution >= 4 is 43.7 Å². The molecule has 0 saturated carbocycles. The van der Waals surface area contributed by atoms with Crippen LogP contribution in [-0.4, -0.2) is 73.0 Å². The van der Waals surface area contributed by atoms with Crippen LogP contribution in [0.3, 0.4) is 0 Å². The standard InChI is InChI=1S/C32H36Br2N4O3/c1-4-16-36-17-19-37(20-18-36)32(39)38-30(23-8-12-25(34)13-9-23)29(22-6-10-24(33)11-7-22)35-31(38)27-15-14-26(40-3)21-28(27)41-5-2/h6-15,21,29-30H,4-5,16-20H2,1-3H3. The fourth-order valence-corrected chi connectivity index (χ4v) is 6.10. The third kappa shape index (κ3) is 6.47. The Labute approximate surface area is 259 Å². The van der Waals surface area contributed by atoms with Gasteiger partial charge in [-0.3, -0.25) is 14.8 Å². The van der Waals surface area contributed by atoms with Crippen molar-refractivity contribution in [3.05, 3.63) is 92.4 Å². The molecule has 1 saturated heterocycles. The number of piperazine rings is 1. The first-order chi connectivity index (χ1) is 19.9.